The topological polar surface area (TPSA) is 51.8 Å². The molecule has 2 heterocycles. The van der Waals surface area contributed by atoms with Crippen molar-refractivity contribution >= 4 is 54.3 Å². The van der Waals surface area contributed by atoms with E-state index in [1.807, 2.05) is 24.3 Å². The summed E-state index contributed by atoms with van der Waals surface area (Å²) in [5, 5.41) is -1.16. The summed E-state index contributed by atoms with van der Waals surface area (Å²) in [6.07, 6.45) is 0. The summed E-state index contributed by atoms with van der Waals surface area (Å²) >= 11 is 0. The zero-order chi connectivity index (χ0) is 52.8. The first kappa shape index (κ1) is 17.6. The molecule has 0 aliphatic rings. The molecule has 55 heavy (non-hydrogen) atoms. The van der Waals surface area contributed by atoms with Crippen molar-refractivity contribution in [1.82, 2.24) is 15.0 Å². The van der Waals surface area contributed by atoms with E-state index in [9.17, 15) is 12.3 Å². The number of furan rings is 1. The summed E-state index contributed by atoms with van der Waals surface area (Å²) in [5.41, 5.74) is -1.40. The predicted octanol–water partition coefficient (Wildman–Crippen LogP) is 13.6. The van der Waals surface area contributed by atoms with Gasteiger partial charge in [0.1, 0.15) is 11.2 Å². The van der Waals surface area contributed by atoms with E-state index in [-0.39, 0.29) is 17.5 Å². The first-order chi connectivity index (χ1) is 35.2. The van der Waals surface area contributed by atoms with E-state index in [0.29, 0.717) is 22.3 Å². The van der Waals surface area contributed by atoms with Crippen molar-refractivity contribution in [3.8, 4) is 56.4 Å². The Kier molecular flexibility index (Phi) is 4.03. The second-order valence-corrected chi connectivity index (χ2v) is 12.5. The Hall–Kier alpha value is -7.43. The van der Waals surface area contributed by atoms with E-state index in [1.165, 1.54) is 0 Å². The zero-order valence-corrected chi connectivity index (χ0v) is 28.2. The summed E-state index contributed by atoms with van der Waals surface area (Å²) < 4.78 is 179. The molecule has 0 saturated carbocycles. The fraction of sp³-hybridized carbons (Fsp3) is 0. The lowest BCUT2D eigenvalue weighted by molar-refractivity contribution is 0.669. The van der Waals surface area contributed by atoms with Crippen LogP contribution in [0.3, 0.4) is 0 Å². The molecule has 0 atom stereocenters. The van der Waals surface area contributed by atoms with Gasteiger partial charge in [-0.3, -0.25) is 0 Å². The number of fused-ring (bicyclic) bond motifs is 9. The van der Waals surface area contributed by atoms with Crippen molar-refractivity contribution in [2.75, 3.05) is 0 Å². The molecule has 0 fully saturated rings. The lowest BCUT2D eigenvalue weighted by Gasteiger charge is -2.13. The highest BCUT2D eigenvalue weighted by Crippen LogP contribution is 2.39. The molecule has 0 aliphatic heterocycles. The van der Waals surface area contributed by atoms with Gasteiger partial charge in [0.25, 0.3) is 0 Å². The third kappa shape index (κ3) is 5.26. The summed E-state index contributed by atoms with van der Waals surface area (Å²) in [6, 6.07) is 5.95. The van der Waals surface area contributed by atoms with E-state index in [0.717, 1.165) is 10.8 Å². The predicted molar refractivity (Wildman–Crippen MR) is 227 cm³/mol. The number of para-hydroxylation sites is 2. The lowest BCUT2D eigenvalue weighted by Crippen LogP contribution is -2.00. The minimum Gasteiger partial charge on any atom is -0.455 e. The molecule has 11 aromatic rings. The van der Waals surface area contributed by atoms with E-state index in [1.54, 1.807) is 48.5 Å². The average molecular weight is 721 g/mol. The fourth-order valence-corrected chi connectivity index (χ4v) is 6.70. The van der Waals surface area contributed by atoms with Crippen molar-refractivity contribution in [3.05, 3.63) is 188 Å². The van der Waals surface area contributed by atoms with Gasteiger partial charge in [0.05, 0.1) is 31.6 Å². The number of aromatic nitrogens is 3. The molecule has 0 amide bonds. The van der Waals surface area contributed by atoms with Gasteiger partial charge in [0, 0.05) is 21.9 Å². The van der Waals surface area contributed by atoms with Crippen LogP contribution < -0.4 is 0 Å². The van der Waals surface area contributed by atoms with E-state index < -0.39 is 175 Å². The molecule has 4 nitrogen and oxygen atoms in total. The highest BCUT2D eigenvalue weighted by Gasteiger charge is 2.18. The number of hydrogen-bond acceptors (Lipinski definition) is 4. The van der Waals surface area contributed by atoms with Gasteiger partial charge in [0.15, 0.2) is 17.5 Å². The summed E-state index contributed by atoms with van der Waals surface area (Å²) in [5.74, 6) is -0.220. The Bertz CT molecular complexity index is 4330. The number of nitrogens with zero attached hydrogens (tertiary/aromatic N) is 3. The molecule has 0 N–H and O–H groups in total. The van der Waals surface area contributed by atoms with Crippen LogP contribution in [0.4, 0.5) is 0 Å². The smallest absolute Gasteiger partial charge is 0.167 e. The van der Waals surface area contributed by atoms with Crippen LogP contribution in [0.5, 0.6) is 0 Å². The standard InChI is InChI=1S/C51H31N3O/c1-2-13-32(14-3-1)49-52-50(54-51(53-49)45-25-12-24-44-43-23-8-9-26-47(43)55-48(44)45)37-18-11-17-35(30-37)33-15-10-16-34(29-33)36-27-28-42-40-21-5-4-19-38(40)39-20-6-7-22-41(39)46(42)31-36/h1-31H/i4D,5D,6D,7D,10D,11D,15D,16D,17D,18D,19D,20D,21D,22D,27D,28D,29D,30D,31D. The molecule has 0 saturated heterocycles. The number of benzene rings is 9. The first-order valence-corrected chi connectivity index (χ1v) is 17.0. The highest BCUT2D eigenvalue weighted by molar-refractivity contribution is 6.25. The van der Waals surface area contributed by atoms with Gasteiger partial charge < -0.3 is 4.42 Å². The van der Waals surface area contributed by atoms with Gasteiger partial charge in [-0.1, -0.05) is 157 Å². The van der Waals surface area contributed by atoms with E-state index in [4.69, 9.17) is 28.1 Å². The minimum atomic E-state index is -0.939. The highest BCUT2D eigenvalue weighted by atomic mass is 16.3. The van der Waals surface area contributed by atoms with Gasteiger partial charge in [-0.2, -0.15) is 0 Å². The molecule has 0 aliphatic carbocycles. The number of hydrogen-bond donors (Lipinski definition) is 0. The molecule has 2 aromatic heterocycles. The molecule has 9 aromatic carbocycles. The van der Waals surface area contributed by atoms with E-state index in [2.05, 4.69) is 4.98 Å². The summed E-state index contributed by atoms with van der Waals surface area (Å²) in [7, 11) is 0. The van der Waals surface area contributed by atoms with Crippen molar-refractivity contribution in [2.45, 2.75) is 0 Å². The van der Waals surface area contributed by atoms with Gasteiger partial charge in [-0.15, -0.1) is 0 Å². The molecule has 0 radical (unpaired) electrons. The third-order valence-electron chi connectivity index (χ3n) is 9.22. The monoisotopic (exact) mass is 720 g/mol. The molecule has 0 spiro atoms. The average Bonchev–Trinajstić information content (AvgIpc) is 3.82. The summed E-state index contributed by atoms with van der Waals surface area (Å²) in [4.78, 5) is 14.2. The van der Waals surface area contributed by atoms with Crippen molar-refractivity contribution in [1.29, 1.82) is 0 Å². The van der Waals surface area contributed by atoms with Gasteiger partial charge in [0.2, 0.25) is 0 Å². The van der Waals surface area contributed by atoms with Crippen LogP contribution in [0.2, 0.25) is 0 Å². The lowest BCUT2D eigenvalue weighted by atomic mass is 9.91. The van der Waals surface area contributed by atoms with E-state index >= 15 is 0 Å². The number of rotatable bonds is 5. The van der Waals surface area contributed by atoms with Crippen molar-refractivity contribution in [3.63, 3.8) is 0 Å². The SMILES string of the molecule is [2H]c1c([2H])c(-c2nc(-c3ccccc3)nc(-c3cccc4c3oc3ccccc34)n2)c([2H])c(-c2c([2H])c([2H])c([2H])c(-c3c([2H])c([2H])c4c5c([2H])c([2H])c([2H])c([2H])c5c5c([2H])c([2H])c([2H])c([2H])c5c4c3[2H])c2[2H])c1[2H]. The van der Waals surface area contributed by atoms with Crippen molar-refractivity contribution < 1.29 is 30.5 Å². The van der Waals surface area contributed by atoms with Crippen LogP contribution in [0, 0.1) is 0 Å². The Morgan fingerprint density at radius 1 is 0.345 bits per heavy atom. The van der Waals surface area contributed by atoms with Crippen LogP contribution in [-0.4, -0.2) is 15.0 Å². The molecule has 11 rings (SSSR count). The Balaban J connectivity index is 1.23. The Morgan fingerprint density at radius 2 is 0.873 bits per heavy atom. The quantitative estimate of drug-likeness (QED) is 0.166. The van der Waals surface area contributed by atoms with Crippen LogP contribution in [0.25, 0.3) is 111 Å². The minimum absolute atomic E-state index is 0.0335. The van der Waals surface area contributed by atoms with Gasteiger partial charge >= 0.3 is 0 Å². The third-order valence-corrected chi connectivity index (χ3v) is 9.22. The second kappa shape index (κ2) is 12.6. The second-order valence-electron chi connectivity index (χ2n) is 12.5. The maximum Gasteiger partial charge on any atom is 0.167 e. The van der Waals surface area contributed by atoms with Gasteiger partial charge in [-0.05, 0) is 84.8 Å². The summed E-state index contributed by atoms with van der Waals surface area (Å²) in [6.45, 7) is 0. The van der Waals surface area contributed by atoms with Gasteiger partial charge in [-0.25, -0.2) is 15.0 Å². The maximum atomic E-state index is 9.75. The molecule has 0 unspecified atom stereocenters. The largest absolute Gasteiger partial charge is 0.455 e. The van der Waals surface area contributed by atoms with Crippen LogP contribution in [-0.2, 0) is 0 Å². The maximum absolute atomic E-state index is 9.75. The molecular formula is C51H31N3O. The Labute approximate surface area is 343 Å². The van der Waals surface area contributed by atoms with Crippen LogP contribution in [0.1, 0.15) is 26.0 Å². The first-order valence-electron chi connectivity index (χ1n) is 26.5. The Morgan fingerprint density at radius 3 is 1.58 bits per heavy atom. The van der Waals surface area contributed by atoms with Crippen LogP contribution in [0.15, 0.2) is 192 Å². The fourth-order valence-electron chi connectivity index (χ4n) is 6.70. The normalized spacial score (nSPS) is 16.5. The molecular weight excluding hydrogens is 671 g/mol. The molecule has 256 valence electrons. The molecule has 4 heteroatoms. The van der Waals surface area contributed by atoms with Crippen LogP contribution >= 0.6 is 0 Å². The molecule has 0 bridgehead atoms. The zero-order valence-electron chi connectivity index (χ0n) is 47.2. The van der Waals surface area contributed by atoms with Crippen molar-refractivity contribution in [2.24, 2.45) is 0 Å².